The zero-order valence-electron chi connectivity index (χ0n) is 14.7. The van der Waals surface area contributed by atoms with Crippen LogP contribution in [-0.2, 0) is 0 Å². The van der Waals surface area contributed by atoms with Crippen molar-refractivity contribution >= 4 is 34.2 Å². The number of aromatic nitrogens is 3. The Labute approximate surface area is 158 Å². The number of fused-ring (bicyclic) bond motifs is 1. The van der Waals surface area contributed by atoms with E-state index < -0.39 is 17.8 Å². The Morgan fingerprint density at radius 1 is 1.41 bits per heavy atom. The number of imidazole rings is 1. The number of aliphatic hydroxyl groups is 1. The molecule has 0 bridgehead atoms. The zero-order chi connectivity index (χ0) is 19.6. The van der Waals surface area contributed by atoms with Crippen molar-refractivity contribution in [2.45, 2.75) is 13.0 Å². The van der Waals surface area contributed by atoms with Gasteiger partial charge in [-0.3, -0.25) is 9.59 Å². The Bertz CT molecular complexity index is 984. The Morgan fingerprint density at radius 3 is 2.89 bits per heavy atom. The Kier molecular flexibility index (Phi) is 5.47. The van der Waals surface area contributed by atoms with E-state index in [1.165, 1.54) is 29.6 Å². The van der Waals surface area contributed by atoms with Crippen LogP contribution in [0, 0.1) is 5.82 Å². The van der Waals surface area contributed by atoms with Gasteiger partial charge in [0.15, 0.2) is 0 Å². The lowest BCUT2D eigenvalue weighted by molar-refractivity contribution is 0.0791. The van der Waals surface area contributed by atoms with Gasteiger partial charge in [-0.1, -0.05) is 0 Å². The number of hydrogen-bond donors (Lipinski definition) is 3. The molecule has 0 aliphatic rings. The van der Waals surface area contributed by atoms with E-state index in [2.05, 4.69) is 20.3 Å². The normalized spacial score (nSPS) is 12.1. The van der Waals surface area contributed by atoms with Gasteiger partial charge in [0.25, 0.3) is 11.8 Å². The third-order valence-electron chi connectivity index (χ3n) is 3.94. The molecule has 0 aliphatic carbocycles. The molecule has 1 atom stereocenters. The van der Waals surface area contributed by atoms with E-state index in [1.54, 1.807) is 14.0 Å². The second-order valence-corrected chi connectivity index (χ2v) is 7.00. The molecule has 1 aromatic carbocycles. The molecule has 3 N–H and O–H groups in total. The molecule has 1 unspecified atom stereocenters. The number of carbonyl (C=O) groups excluding carboxylic acids is 2. The van der Waals surface area contributed by atoms with Crippen LogP contribution in [0.15, 0.2) is 24.7 Å². The topological polar surface area (TPSA) is 111 Å². The van der Waals surface area contributed by atoms with Crippen LogP contribution in [0.5, 0.6) is 0 Å². The first-order valence-electron chi connectivity index (χ1n) is 8.17. The Hall–Kier alpha value is -2.85. The van der Waals surface area contributed by atoms with Crippen molar-refractivity contribution in [3.63, 3.8) is 0 Å². The highest BCUT2D eigenvalue weighted by atomic mass is 32.1. The smallest absolute Gasteiger partial charge is 0.265 e. The van der Waals surface area contributed by atoms with E-state index in [0.717, 1.165) is 11.3 Å². The largest absolute Gasteiger partial charge is 0.386 e. The summed E-state index contributed by atoms with van der Waals surface area (Å²) in [6, 6.07) is 2.71. The lowest BCUT2D eigenvalue weighted by atomic mass is 10.1. The fraction of sp³-hybridized carbons (Fsp3) is 0.294. The van der Waals surface area contributed by atoms with Crippen molar-refractivity contribution in [3.05, 3.63) is 45.9 Å². The maximum atomic E-state index is 14.0. The van der Waals surface area contributed by atoms with E-state index in [0.29, 0.717) is 15.4 Å². The minimum absolute atomic E-state index is 0.133. The van der Waals surface area contributed by atoms with Gasteiger partial charge in [0.1, 0.15) is 32.9 Å². The molecular weight excluding hydrogens is 373 g/mol. The number of benzene rings is 1. The number of rotatable bonds is 6. The summed E-state index contributed by atoms with van der Waals surface area (Å²) < 4.78 is 14.0. The molecule has 3 aromatic rings. The lowest BCUT2D eigenvalue weighted by Crippen LogP contribution is -2.36. The second kappa shape index (κ2) is 7.80. The van der Waals surface area contributed by atoms with Crippen LogP contribution < -0.4 is 5.32 Å². The molecule has 2 heterocycles. The second-order valence-electron chi connectivity index (χ2n) is 5.94. The first-order chi connectivity index (χ1) is 12.9. The summed E-state index contributed by atoms with van der Waals surface area (Å²) in [4.78, 5) is 37.3. The SMILES string of the molecule is CC(O)c1ncc(C(=O)N(C)CCNC(=O)c2c(F)ccc3[nH]cnc23)s1. The zero-order valence-corrected chi connectivity index (χ0v) is 15.5. The van der Waals surface area contributed by atoms with Crippen LogP contribution in [0.4, 0.5) is 4.39 Å². The van der Waals surface area contributed by atoms with Crippen LogP contribution in [0.2, 0.25) is 0 Å². The summed E-state index contributed by atoms with van der Waals surface area (Å²) in [5.74, 6) is -1.53. The predicted octanol–water partition coefficient (Wildman–Crippen LogP) is 1.71. The fourth-order valence-electron chi connectivity index (χ4n) is 2.49. The first kappa shape index (κ1) is 18.9. The molecule has 10 heteroatoms. The van der Waals surface area contributed by atoms with Gasteiger partial charge >= 0.3 is 0 Å². The molecule has 2 aromatic heterocycles. The minimum Gasteiger partial charge on any atom is -0.386 e. The number of nitrogens with one attached hydrogen (secondary N) is 2. The maximum absolute atomic E-state index is 14.0. The van der Waals surface area contributed by atoms with Gasteiger partial charge in [-0.05, 0) is 19.1 Å². The number of nitrogens with zero attached hydrogens (tertiary/aromatic N) is 3. The predicted molar refractivity (Wildman–Crippen MR) is 98.1 cm³/mol. The molecule has 8 nitrogen and oxygen atoms in total. The number of aromatic amines is 1. The number of aliphatic hydroxyl groups excluding tert-OH is 1. The Morgan fingerprint density at radius 2 is 2.19 bits per heavy atom. The summed E-state index contributed by atoms with van der Waals surface area (Å²) in [6.07, 6.45) is 2.07. The van der Waals surface area contributed by atoms with Crippen molar-refractivity contribution in [1.29, 1.82) is 0 Å². The molecule has 0 saturated heterocycles. The van der Waals surface area contributed by atoms with Crippen LogP contribution in [0.25, 0.3) is 11.0 Å². The number of likely N-dealkylation sites (N-methyl/N-ethyl adjacent to an activating group) is 1. The molecule has 0 spiro atoms. The molecule has 0 fully saturated rings. The van der Waals surface area contributed by atoms with Crippen LogP contribution in [0.3, 0.4) is 0 Å². The highest BCUT2D eigenvalue weighted by Gasteiger charge is 2.19. The highest BCUT2D eigenvalue weighted by Crippen LogP contribution is 2.21. The van der Waals surface area contributed by atoms with Crippen molar-refractivity contribution in [3.8, 4) is 0 Å². The molecule has 0 saturated carbocycles. The van der Waals surface area contributed by atoms with E-state index in [-0.39, 0.29) is 30.1 Å². The van der Waals surface area contributed by atoms with Crippen LogP contribution in [0.1, 0.15) is 38.1 Å². The van der Waals surface area contributed by atoms with Gasteiger partial charge in [0.2, 0.25) is 0 Å². The Balaban J connectivity index is 1.60. The van der Waals surface area contributed by atoms with Gasteiger partial charge in [0, 0.05) is 20.1 Å². The molecular formula is C17H18FN5O3S. The average molecular weight is 391 g/mol. The monoisotopic (exact) mass is 391 g/mol. The summed E-state index contributed by atoms with van der Waals surface area (Å²) >= 11 is 1.12. The van der Waals surface area contributed by atoms with E-state index >= 15 is 0 Å². The third kappa shape index (κ3) is 3.96. The number of thiazole rings is 1. The number of H-pyrrole nitrogens is 1. The van der Waals surface area contributed by atoms with Gasteiger partial charge < -0.3 is 20.3 Å². The van der Waals surface area contributed by atoms with Crippen molar-refractivity contribution in [2.24, 2.45) is 0 Å². The van der Waals surface area contributed by atoms with Gasteiger partial charge in [0.05, 0.1) is 18.0 Å². The standard InChI is InChI=1S/C17H18FN5O3S/c1-9(24)16-20-7-12(27-16)17(26)23(2)6-5-19-15(25)13-10(18)3-4-11-14(13)22-8-21-11/h3-4,7-9,24H,5-6H2,1-2H3,(H,19,25)(H,21,22). The molecule has 0 radical (unpaired) electrons. The van der Waals surface area contributed by atoms with Gasteiger partial charge in [-0.15, -0.1) is 11.3 Å². The average Bonchev–Trinajstić information content (AvgIpc) is 3.30. The van der Waals surface area contributed by atoms with Gasteiger partial charge in [-0.2, -0.15) is 0 Å². The summed E-state index contributed by atoms with van der Waals surface area (Å²) in [6.45, 7) is 1.94. The highest BCUT2D eigenvalue weighted by molar-refractivity contribution is 7.13. The summed E-state index contributed by atoms with van der Waals surface area (Å²) in [5, 5.41) is 12.6. The minimum atomic E-state index is -0.735. The first-order valence-corrected chi connectivity index (χ1v) is 8.99. The number of carbonyl (C=O) groups is 2. The van der Waals surface area contributed by atoms with E-state index in [4.69, 9.17) is 0 Å². The third-order valence-corrected chi connectivity index (χ3v) is 5.09. The van der Waals surface area contributed by atoms with Crippen molar-refractivity contribution < 1.29 is 19.1 Å². The number of amides is 2. The number of halogens is 1. The van der Waals surface area contributed by atoms with E-state index in [9.17, 15) is 19.1 Å². The molecule has 142 valence electrons. The quantitative estimate of drug-likeness (QED) is 0.592. The van der Waals surface area contributed by atoms with Crippen molar-refractivity contribution in [1.82, 2.24) is 25.2 Å². The van der Waals surface area contributed by atoms with Crippen molar-refractivity contribution in [2.75, 3.05) is 20.1 Å². The van der Waals surface area contributed by atoms with Crippen LogP contribution >= 0.6 is 11.3 Å². The number of hydrogen-bond acceptors (Lipinski definition) is 6. The van der Waals surface area contributed by atoms with Crippen LogP contribution in [-0.4, -0.2) is 56.9 Å². The van der Waals surface area contributed by atoms with E-state index in [1.807, 2.05) is 0 Å². The molecule has 3 rings (SSSR count). The molecule has 0 aliphatic heterocycles. The molecule has 27 heavy (non-hydrogen) atoms. The summed E-state index contributed by atoms with van der Waals surface area (Å²) in [5.41, 5.74) is 0.687. The summed E-state index contributed by atoms with van der Waals surface area (Å²) in [7, 11) is 1.59. The molecule has 2 amide bonds. The fourth-order valence-corrected chi connectivity index (χ4v) is 3.34. The maximum Gasteiger partial charge on any atom is 0.265 e. The van der Waals surface area contributed by atoms with Gasteiger partial charge in [-0.25, -0.2) is 14.4 Å². The lowest BCUT2D eigenvalue weighted by Gasteiger charge is -2.16.